The Hall–Kier alpha value is -3.80. The molecule has 0 spiro atoms. The predicted molar refractivity (Wildman–Crippen MR) is 104 cm³/mol. The number of aryl methyl sites for hydroxylation is 1. The third-order valence-corrected chi connectivity index (χ3v) is 4.29. The lowest BCUT2D eigenvalue weighted by Gasteiger charge is -2.06. The molecule has 0 unspecified atom stereocenters. The van der Waals surface area contributed by atoms with Gasteiger partial charge in [-0.15, -0.1) is 0 Å². The number of Topliss-reactive ketones (excluding diaryl/α,β-unsaturated/α-hetero) is 1. The average molecular weight is 375 g/mol. The maximum absolute atomic E-state index is 12.3. The number of benzene rings is 3. The number of hydrogen-bond donors (Lipinski definition) is 0. The van der Waals surface area contributed by atoms with Crippen molar-refractivity contribution in [1.29, 1.82) is 0 Å². The number of ketones is 1. The molecule has 0 saturated heterocycles. The number of nitro benzene ring substituents is 1. The molecule has 0 N–H and O–H groups in total. The lowest BCUT2D eigenvalue weighted by molar-refractivity contribution is -0.385. The molecule has 0 radical (unpaired) electrons. The second-order valence-electron chi connectivity index (χ2n) is 6.20. The number of carbonyl (C=O) groups excluding carboxylic acids is 2. The lowest BCUT2D eigenvalue weighted by Crippen LogP contribution is -2.14. The topological polar surface area (TPSA) is 86.5 Å². The molecule has 0 atom stereocenters. The minimum absolute atomic E-state index is 0.0320. The van der Waals surface area contributed by atoms with E-state index >= 15 is 0 Å². The highest BCUT2D eigenvalue weighted by molar-refractivity contribution is 5.99. The van der Waals surface area contributed by atoms with Crippen LogP contribution in [0.15, 0.2) is 72.8 Å². The van der Waals surface area contributed by atoms with Crippen LogP contribution in [0.4, 0.5) is 5.69 Å². The number of carbonyl (C=O) groups is 2. The van der Waals surface area contributed by atoms with Crippen molar-refractivity contribution in [2.45, 2.75) is 6.92 Å². The molecule has 140 valence electrons. The van der Waals surface area contributed by atoms with E-state index < -0.39 is 17.5 Å². The van der Waals surface area contributed by atoms with Gasteiger partial charge in [-0.25, -0.2) is 4.79 Å². The first-order valence-corrected chi connectivity index (χ1v) is 8.56. The number of hydrogen-bond acceptors (Lipinski definition) is 5. The van der Waals surface area contributed by atoms with Crippen LogP contribution >= 0.6 is 0 Å². The van der Waals surface area contributed by atoms with E-state index in [4.69, 9.17) is 4.74 Å². The molecule has 0 amide bonds. The number of esters is 1. The molecular weight excluding hydrogens is 358 g/mol. The summed E-state index contributed by atoms with van der Waals surface area (Å²) >= 11 is 0. The molecule has 0 fully saturated rings. The standard InChI is InChI=1S/C22H17NO5/c1-15-7-8-19(13-20(15)23(26)27)22(25)28-14-21(24)18-11-9-17(10-12-18)16-5-3-2-4-6-16/h2-13H,14H2,1H3. The van der Waals surface area contributed by atoms with E-state index in [0.717, 1.165) is 17.2 Å². The highest BCUT2D eigenvalue weighted by Crippen LogP contribution is 2.21. The smallest absolute Gasteiger partial charge is 0.338 e. The molecule has 3 aromatic rings. The highest BCUT2D eigenvalue weighted by atomic mass is 16.6. The Bertz CT molecular complexity index is 1030. The summed E-state index contributed by atoms with van der Waals surface area (Å²) in [6.45, 7) is 1.14. The van der Waals surface area contributed by atoms with Gasteiger partial charge in [-0.3, -0.25) is 14.9 Å². The van der Waals surface area contributed by atoms with Crippen molar-refractivity contribution >= 4 is 17.4 Å². The Labute approximate surface area is 161 Å². The van der Waals surface area contributed by atoms with Crippen LogP contribution in [-0.4, -0.2) is 23.3 Å². The fraction of sp³-hybridized carbons (Fsp3) is 0.0909. The molecule has 0 aliphatic carbocycles. The van der Waals surface area contributed by atoms with Gasteiger partial charge in [0.2, 0.25) is 0 Å². The summed E-state index contributed by atoms with van der Waals surface area (Å²) < 4.78 is 5.02. The van der Waals surface area contributed by atoms with Gasteiger partial charge in [0, 0.05) is 17.2 Å². The Morgan fingerprint density at radius 3 is 2.14 bits per heavy atom. The molecule has 0 aliphatic rings. The van der Waals surface area contributed by atoms with Gasteiger partial charge in [0.15, 0.2) is 12.4 Å². The summed E-state index contributed by atoms with van der Waals surface area (Å²) in [5.74, 6) is -1.13. The fourth-order valence-corrected chi connectivity index (χ4v) is 2.71. The maximum atomic E-state index is 12.3. The number of ether oxygens (including phenoxy) is 1. The van der Waals surface area contributed by atoms with Gasteiger partial charge >= 0.3 is 5.97 Å². The molecule has 6 nitrogen and oxygen atoms in total. The SMILES string of the molecule is Cc1ccc(C(=O)OCC(=O)c2ccc(-c3ccccc3)cc2)cc1[N+](=O)[O-]. The van der Waals surface area contributed by atoms with Crippen molar-refractivity contribution in [2.24, 2.45) is 0 Å². The summed E-state index contributed by atoms with van der Waals surface area (Å²) in [5.41, 5.74) is 2.73. The number of nitrogens with zero attached hydrogens (tertiary/aromatic N) is 1. The van der Waals surface area contributed by atoms with E-state index in [2.05, 4.69) is 0 Å². The van der Waals surface area contributed by atoms with Gasteiger partial charge in [0.1, 0.15) is 0 Å². The van der Waals surface area contributed by atoms with Crippen molar-refractivity contribution in [3.05, 3.63) is 99.6 Å². The van der Waals surface area contributed by atoms with Gasteiger partial charge in [-0.05, 0) is 24.1 Å². The van der Waals surface area contributed by atoms with E-state index in [1.165, 1.54) is 12.1 Å². The molecule has 0 aromatic heterocycles. The van der Waals surface area contributed by atoms with E-state index in [1.54, 1.807) is 19.1 Å². The zero-order chi connectivity index (χ0) is 20.1. The summed E-state index contributed by atoms with van der Waals surface area (Å²) in [6, 6.07) is 20.8. The van der Waals surface area contributed by atoms with Crippen molar-refractivity contribution in [3.63, 3.8) is 0 Å². The molecular formula is C22H17NO5. The average Bonchev–Trinajstić information content (AvgIpc) is 2.72. The molecule has 6 heteroatoms. The van der Waals surface area contributed by atoms with Crippen molar-refractivity contribution < 1.29 is 19.2 Å². The minimum Gasteiger partial charge on any atom is -0.454 e. The number of rotatable bonds is 6. The highest BCUT2D eigenvalue weighted by Gasteiger charge is 2.17. The van der Waals surface area contributed by atoms with Crippen molar-refractivity contribution in [1.82, 2.24) is 0 Å². The normalized spacial score (nSPS) is 10.3. The molecule has 3 aromatic carbocycles. The monoisotopic (exact) mass is 375 g/mol. The van der Waals surface area contributed by atoms with E-state index in [0.29, 0.717) is 11.1 Å². The summed E-state index contributed by atoms with van der Waals surface area (Å²) in [7, 11) is 0. The van der Waals surface area contributed by atoms with E-state index in [1.807, 2.05) is 42.5 Å². The van der Waals surface area contributed by atoms with Gasteiger partial charge in [0.25, 0.3) is 5.69 Å². The maximum Gasteiger partial charge on any atom is 0.338 e. The van der Waals surface area contributed by atoms with Crippen molar-refractivity contribution in [3.8, 4) is 11.1 Å². The van der Waals surface area contributed by atoms with Crippen LogP contribution in [-0.2, 0) is 4.74 Å². The van der Waals surface area contributed by atoms with E-state index in [9.17, 15) is 19.7 Å². The van der Waals surface area contributed by atoms with Crippen LogP contribution in [0.2, 0.25) is 0 Å². The van der Waals surface area contributed by atoms with Crippen LogP contribution in [0.1, 0.15) is 26.3 Å². The van der Waals surface area contributed by atoms with Gasteiger partial charge in [-0.1, -0.05) is 60.7 Å². The molecule has 28 heavy (non-hydrogen) atoms. The first-order valence-electron chi connectivity index (χ1n) is 8.56. The second-order valence-corrected chi connectivity index (χ2v) is 6.20. The Morgan fingerprint density at radius 1 is 0.893 bits per heavy atom. The van der Waals surface area contributed by atoms with E-state index in [-0.39, 0.29) is 17.0 Å². The van der Waals surface area contributed by atoms with Crippen LogP contribution in [0.5, 0.6) is 0 Å². The zero-order valence-electron chi connectivity index (χ0n) is 15.1. The largest absolute Gasteiger partial charge is 0.454 e. The molecule has 0 aliphatic heterocycles. The van der Waals surface area contributed by atoms with Crippen LogP contribution in [0.25, 0.3) is 11.1 Å². The second kappa shape index (κ2) is 8.26. The molecule has 0 saturated carbocycles. The third kappa shape index (κ3) is 4.29. The Morgan fingerprint density at radius 2 is 1.50 bits per heavy atom. The van der Waals surface area contributed by atoms with Crippen LogP contribution < -0.4 is 0 Å². The molecule has 3 rings (SSSR count). The Balaban J connectivity index is 1.65. The minimum atomic E-state index is -0.780. The first kappa shape index (κ1) is 19.0. The number of nitro groups is 1. The van der Waals surface area contributed by atoms with Gasteiger partial charge in [0.05, 0.1) is 10.5 Å². The van der Waals surface area contributed by atoms with Gasteiger partial charge in [-0.2, -0.15) is 0 Å². The lowest BCUT2D eigenvalue weighted by atomic mass is 10.0. The zero-order valence-corrected chi connectivity index (χ0v) is 15.1. The van der Waals surface area contributed by atoms with Crippen LogP contribution in [0, 0.1) is 17.0 Å². The first-order chi connectivity index (χ1) is 13.5. The van der Waals surface area contributed by atoms with Crippen LogP contribution in [0.3, 0.4) is 0 Å². The quantitative estimate of drug-likeness (QED) is 0.272. The van der Waals surface area contributed by atoms with Gasteiger partial charge < -0.3 is 4.74 Å². The molecule has 0 heterocycles. The summed E-state index contributed by atoms with van der Waals surface area (Å²) in [5, 5.41) is 11.0. The fourth-order valence-electron chi connectivity index (χ4n) is 2.71. The summed E-state index contributed by atoms with van der Waals surface area (Å²) in [6.07, 6.45) is 0. The third-order valence-electron chi connectivity index (χ3n) is 4.29. The van der Waals surface area contributed by atoms with Crippen molar-refractivity contribution in [2.75, 3.05) is 6.61 Å². The molecule has 0 bridgehead atoms. The predicted octanol–water partition coefficient (Wildman–Crippen LogP) is 4.61. The summed E-state index contributed by atoms with van der Waals surface area (Å²) in [4.78, 5) is 34.8. The Kier molecular flexibility index (Phi) is 5.60.